The Morgan fingerprint density at radius 2 is 1.79 bits per heavy atom. The summed E-state index contributed by atoms with van der Waals surface area (Å²) in [5.74, 6) is 0. The molecule has 0 aliphatic heterocycles. The fourth-order valence-electron chi connectivity index (χ4n) is 1.47. The van der Waals surface area contributed by atoms with Crippen LogP contribution in [-0.4, -0.2) is 6.03 Å². The second-order valence-electron chi connectivity index (χ2n) is 4.01. The number of nitrogens with one attached hydrogen (secondary N) is 2. The van der Waals surface area contributed by atoms with Crippen molar-refractivity contribution in [1.82, 2.24) is 0 Å². The van der Waals surface area contributed by atoms with E-state index in [0.717, 1.165) is 5.56 Å². The molecule has 98 valence electrons. The Bertz CT molecular complexity index is 599. The van der Waals surface area contributed by atoms with Gasteiger partial charge < -0.3 is 15.8 Å². The van der Waals surface area contributed by atoms with Crippen molar-refractivity contribution in [3.05, 3.63) is 58.5 Å². The van der Waals surface area contributed by atoms with E-state index in [0.29, 0.717) is 16.1 Å². The molecule has 0 saturated carbocycles. The second kappa shape index (κ2) is 5.58. The molecule has 1 aromatic carbocycles. The normalized spacial score (nSPS) is 10.0. The highest BCUT2D eigenvalue weighted by molar-refractivity contribution is 6.28. The largest absolute Gasteiger partial charge is 0.618 e. The maximum atomic E-state index is 11.7. The van der Waals surface area contributed by atoms with Gasteiger partial charge in [0.15, 0.2) is 6.20 Å². The van der Waals surface area contributed by atoms with Gasteiger partial charge >= 0.3 is 6.03 Å². The van der Waals surface area contributed by atoms with Crippen molar-refractivity contribution >= 4 is 29.0 Å². The molecule has 0 unspecified atom stereocenters. The van der Waals surface area contributed by atoms with Crippen LogP contribution < -0.4 is 15.4 Å². The monoisotopic (exact) mass is 277 g/mol. The fraction of sp³-hybridized carbons (Fsp3) is 0.0769. The fourth-order valence-corrected chi connectivity index (χ4v) is 1.64. The summed E-state index contributed by atoms with van der Waals surface area (Å²) < 4.78 is 0.505. The minimum absolute atomic E-state index is 0.00636. The highest BCUT2D eigenvalue weighted by atomic mass is 35.5. The van der Waals surface area contributed by atoms with Gasteiger partial charge in [-0.2, -0.15) is 4.73 Å². The van der Waals surface area contributed by atoms with E-state index < -0.39 is 6.03 Å². The van der Waals surface area contributed by atoms with E-state index in [9.17, 15) is 10.0 Å². The van der Waals surface area contributed by atoms with Crippen molar-refractivity contribution in [2.24, 2.45) is 0 Å². The number of nitrogens with zero attached hydrogens (tertiary/aromatic N) is 1. The van der Waals surface area contributed by atoms with Crippen LogP contribution in [-0.2, 0) is 0 Å². The molecule has 1 aromatic heterocycles. The molecule has 5 nitrogen and oxygen atoms in total. The number of aromatic nitrogens is 1. The average molecular weight is 278 g/mol. The lowest BCUT2D eigenvalue weighted by atomic mass is 10.2. The van der Waals surface area contributed by atoms with Crippen LogP contribution in [0.2, 0.25) is 5.15 Å². The van der Waals surface area contributed by atoms with E-state index in [-0.39, 0.29) is 5.15 Å². The third kappa shape index (κ3) is 3.59. The van der Waals surface area contributed by atoms with Crippen LogP contribution in [0.5, 0.6) is 0 Å². The third-order valence-corrected chi connectivity index (χ3v) is 2.72. The summed E-state index contributed by atoms with van der Waals surface area (Å²) in [6.07, 6.45) is 1.23. The summed E-state index contributed by atoms with van der Waals surface area (Å²) in [7, 11) is 0. The van der Waals surface area contributed by atoms with Gasteiger partial charge in [-0.3, -0.25) is 0 Å². The van der Waals surface area contributed by atoms with Gasteiger partial charge in [0.05, 0.1) is 5.69 Å². The zero-order chi connectivity index (χ0) is 13.8. The molecule has 0 aliphatic carbocycles. The van der Waals surface area contributed by atoms with Crippen molar-refractivity contribution in [2.45, 2.75) is 6.92 Å². The quantitative estimate of drug-likeness (QED) is 0.503. The van der Waals surface area contributed by atoms with Crippen LogP contribution in [0.3, 0.4) is 0 Å². The van der Waals surface area contributed by atoms with E-state index in [1.807, 2.05) is 19.1 Å². The van der Waals surface area contributed by atoms with Crippen molar-refractivity contribution in [3.8, 4) is 0 Å². The lowest BCUT2D eigenvalue weighted by Crippen LogP contribution is -2.27. The summed E-state index contributed by atoms with van der Waals surface area (Å²) in [4.78, 5) is 11.7. The summed E-state index contributed by atoms with van der Waals surface area (Å²) in [5.41, 5.74) is 2.24. The van der Waals surface area contributed by atoms with Gasteiger partial charge in [-0.05, 0) is 30.7 Å². The van der Waals surface area contributed by atoms with Crippen molar-refractivity contribution in [2.75, 3.05) is 10.6 Å². The number of amides is 2. The van der Waals surface area contributed by atoms with E-state index in [1.54, 1.807) is 12.1 Å². The first-order chi connectivity index (χ1) is 9.04. The first-order valence-electron chi connectivity index (χ1n) is 5.58. The Morgan fingerprint density at radius 3 is 2.42 bits per heavy atom. The maximum Gasteiger partial charge on any atom is 0.323 e. The molecule has 0 bridgehead atoms. The lowest BCUT2D eigenvalue weighted by molar-refractivity contribution is -0.602. The van der Waals surface area contributed by atoms with Gasteiger partial charge in [0.2, 0.25) is 0 Å². The van der Waals surface area contributed by atoms with E-state index >= 15 is 0 Å². The first-order valence-corrected chi connectivity index (χ1v) is 5.96. The number of anilines is 2. The highest BCUT2D eigenvalue weighted by Gasteiger charge is 2.06. The number of pyridine rings is 1. The SMILES string of the molecule is Cc1ccc(NC(=O)Nc2cc[n+]([O-])c(Cl)c2)cc1. The molecule has 2 amide bonds. The Hall–Kier alpha value is -2.27. The molecule has 19 heavy (non-hydrogen) atoms. The Kier molecular flexibility index (Phi) is 3.87. The smallest absolute Gasteiger partial charge is 0.323 e. The number of benzene rings is 1. The van der Waals surface area contributed by atoms with Crippen LogP contribution >= 0.6 is 11.6 Å². The molecule has 0 atom stereocenters. The number of carbonyl (C=O) groups excluding carboxylic acids is 1. The molecule has 0 saturated heterocycles. The lowest BCUT2D eigenvalue weighted by Gasteiger charge is -2.08. The van der Waals surface area contributed by atoms with Gasteiger partial charge in [-0.25, -0.2) is 4.79 Å². The topological polar surface area (TPSA) is 68.1 Å². The molecule has 0 spiro atoms. The predicted octanol–water partition coefficient (Wildman–Crippen LogP) is 2.93. The molecule has 2 N–H and O–H groups in total. The standard InChI is InChI=1S/C13H12ClN3O2/c1-9-2-4-10(5-3-9)15-13(18)16-11-6-7-17(19)12(14)8-11/h2-8H,1H3,(H2,15,16,18). The van der Waals surface area contributed by atoms with E-state index in [2.05, 4.69) is 10.6 Å². The zero-order valence-corrected chi connectivity index (χ0v) is 10.9. The zero-order valence-electron chi connectivity index (χ0n) is 10.2. The first kappa shape index (κ1) is 13.2. The van der Waals surface area contributed by atoms with Crippen LogP contribution in [0.4, 0.5) is 16.2 Å². The summed E-state index contributed by atoms with van der Waals surface area (Å²) in [5, 5.41) is 16.3. The Labute approximate surface area is 115 Å². The van der Waals surface area contributed by atoms with Crippen molar-refractivity contribution in [3.63, 3.8) is 0 Å². The minimum atomic E-state index is -0.399. The third-order valence-electron chi connectivity index (χ3n) is 2.44. The number of carbonyl (C=O) groups is 1. The van der Waals surface area contributed by atoms with E-state index in [1.165, 1.54) is 18.3 Å². The maximum absolute atomic E-state index is 11.7. The molecular formula is C13H12ClN3O2. The molecule has 6 heteroatoms. The molecule has 0 radical (unpaired) electrons. The number of halogens is 1. The molecule has 0 aliphatic rings. The molecule has 2 rings (SSSR count). The van der Waals surface area contributed by atoms with Crippen LogP contribution in [0.15, 0.2) is 42.6 Å². The van der Waals surface area contributed by atoms with Gasteiger partial charge in [0, 0.05) is 17.8 Å². The Balaban J connectivity index is 2.01. The number of hydrogen-bond acceptors (Lipinski definition) is 2. The second-order valence-corrected chi connectivity index (χ2v) is 4.40. The number of aryl methyl sites for hydroxylation is 1. The molecule has 0 fully saturated rings. The summed E-state index contributed by atoms with van der Waals surface area (Å²) >= 11 is 5.65. The summed E-state index contributed by atoms with van der Waals surface area (Å²) in [6.45, 7) is 1.97. The molecular weight excluding hydrogens is 266 g/mol. The number of urea groups is 1. The number of rotatable bonds is 2. The predicted molar refractivity (Wildman–Crippen MR) is 74.2 cm³/mol. The minimum Gasteiger partial charge on any atom is -0.618 e. The van der Waals surface area contributed by atoms with E-state index in [4.69, 9.17) is 11.6 Å². The molecule has 2 aromatic rings. The van der Waals surface area contributed by atoms with Crippen molar-refractivity contribution < 1.29 is 9.52 Å². The van der Waals surface area contributed by atoms with Gasteiger partial charge in [-0.1, -0.05) is 17.7 Å². The van der Waals surface area contributed by atoms with Gasteiger partial charge in [-0.15, -0.1) is 0 Å². The van der Waals surface area contributed by atoms with Crippen molar-refractivity contribution in [1.29, 1.82) is 0 Å². The van der Waals surface area contributed by atoms with Crippen LogP contribution in [0, 0.1) is 12.1 Å². The van der Waals surface area contributed by atoms with Crippen LogP contribution in [0.25, 0.3) is 0 Å². The molecule has 1 heterocycles. The average Bonchev–Trinajstić information content (AvgIpc) is 2.37. The Morgan fingerprint density at radius 1 is 1.16 bits per heavy atom. The number of hydrogen-bond donors (Lipinski definition) is 2. The van der Waals surface area contributed by atoms with Crippen LogP contribution in [0.1, 0.15) is 5.56 Å². The highest BCUT2D eigenvalue weighted by Crippen LogP contribution is 2.12. The van der Waals surface area contributed by atoms with Gasteiger partial charge in [0.25, 0.3) is 5.15 Å². The van der Waals surface area contributed by atoms with Gasteiger partial charge in [0.1, 0.15) is 0 Å². The summed E-state index contributed by atoms with van der Waals surface area (Å²) in [6, 6.07) is 9.85.